The molecule has 9 N–H and O–H groups in total. The summed E-state index contributed by atoms with van der Waals surface area (Å²) in [6, 6.07) is 56.6. The Morgan fingerprint density at radius 1 is 0.333 bits per heavy atom. The van der Waals surface area contributed by atoms with E-state index in [-0.39, 0.29) is 66.9 Å². The van der Waals surface area contributed by atoms with Crippen LogP contribution in [-0.4, -0.2) is 95.4 Å². The summed E-state index contributed by atoms with van der Waals surface area (Å²) >= 11 is 0. The first kappa shape index (κ1) is 112. The van der Waals surface area contributed by atoms with Crippen molar-refractivity contribution in [3.05, 3.63) is 303 Å². The van der Waals surface area contributed by atoms with Gasteiger partial charge in [0.1, 0.15) is 11.6 Å². The topological polar surface area (TPSA) is 211 Å². The summed E-state index contributed by atoms with van der Waals surface area (Å²) in [5.74, 6) is 1.25. The number of carbonyl (C=O) groups excluding carboxylic acids is 3. The number of aromatic nitrogens is 8. The molecule has 1 fully saturated rings. The maximum atomic E-state index is 13.7. The van der Waals surface area contributed by atoms with Gasteiger partial charge < -0.3 is 59.6 Å². The van der Waals surface area contributed by atoms with E-state index in [1.165, 1.54) is 78.6 Å². The molecular formula is C125H160F4N10O5. The zero-order valence-electron chi connectivity index (χ0n) is 91.7. The van der Waals surface area contributed by atoms with Gasteiger partial charge in [-0.3, -0.25) is 9.59 Å². The standard InChI is InChI=1S/C20H23NO.C18H24N2O.C17H24N2O.C16H23N.C15H19NO2.C14H19N.C13H14F3N.C12H14FN/c1-5-22-19-9-7-6-8-15(19)16-12-14-10-11-21-18(14)13-17(16)20(2,3)4;1-18(2,3)15-12-16-13(7-8-19-16)11-14(15)17(21)20-9-5-4-6-10-20;1-11(2)10-19-16(20)13-8-12-6-7-18-15(12)9-14(13)17(3,4)5;1-15(2,3)12-9-11-7-8-17-14(11)10-13(12)16(4,5)6;1-5-18-14(17)11-8-10-6-7-16-13(10)9-12(11)15(2,3)4;1-5-10-8-11-6-7-15-13(11)9-12(10)14(2,3)4;1-12(2,3)9-7-11-8(4-5-17-11)6-10(9)13(14,15)16;1-12(2,3)9-7-11-8(4-5-14-11)6-10(9)13/h6-13,21H,5H2,1-4H3;7-8,11-12,19H,4-6,9-10H2,1-3H3;6-9,11,18H,10H2,1-5H3,(H,19,20);7-10,17H,1-6H3;6-9,16H,5H2,1-4H3;6-9,15H,5H2,1-4H3;4-7,17H,1-3H3;4-7,14H,1-3H3. The van der Waals surface area contributed by atoms with Gasteiger partial charge >= 0.3 is 12.1 Å². The minimum absolute atomic E-state index is 0.0201. The second-order valence-electron chi connectivity index (χ2n) is 48.0. The molecule has 1 aliphatic rings. The number of ether oxygens (including phenoxy) is 2. The molecule has 0 spiro atoms. The molecule has 2 amide bonds. The molecule has 18 rings (SSSR count). The molecular weight excluding hydrogens is 1800 g/mol. The minimum atomic E-state index is -4.31. The number of para-hydroxylation sites is 1. The van der Waals surface area contributed by atoms with E-state index in [0.717, 1.165) is 126 Å². The number of piperidine rings is 1. The predicted molar refractivity (Wildman–Crippen MR) is 599 cm³/mol. The van der Waals surface area contributed by atoms with Crippen molar-refractivity contribution in [2.75, 3.05) is 32.8 Å². The third kappa shape index (κ3) is 28.1. The fraction of sp³-hybridized carbons (Fsp3) is 0.416. The van der Waals surface area contributed by atoms with E-state index in [1.54, 1.807) is 45.2 Å². The van der Waals surface area contributed by atoms with E-state index in [0.29, 0.717) is 42.2 Å². The van der Waals surface area contributed by atoms with Crippen LogP contribution in [0.3, 0.4) is 0 Å². The molecule has 17 aromatic rings. The van der Waals surface area contributed by atoms with Gasteiger partial charge in [-0.05, 0) is 329 Å². The Bertz CT molecular complexity index is 7040. The van der Waals surface area contributed by atoms with Crippen LogP contribution in [0.1, 0.15) is 333 Å². The highest BCUT2D eigenvalue weighted by molar-refractivity contribution is 6.02. The number of nitrogens with zero attached hydrogens (tertiary/aromatic N) is 1. The zero-order chi connectivity index (χ0) is 106. The van der Waals surface area contributed by atoms with Crippen molar-refractivity contribution >= 4 is 105 Å². The Morgan fingerprint density at radius 2 is 0.646 bits per heavy atom. The maximum absolute atomic E-state index is 13.7. The molecule has 144 heavy (non-hydrogen) atoms. The molecule has 768 valence electrons. The SMILES string of the molecule is CC(C)(C)c1cc2[nH]ccc2cc1C(=O)N1CCCCC1.CC(C)(C)c1cc2[nH]ccc2cc1C(F)(F)F.CC(C)(C)c1cc2[nH]ccc2cc1F.CC(C)(C)c1cc2cc[nH]c2cc1C(C)(C)C.CC(C)CNC(=O)c1cc2cc[nH]c2cc1C(C)(C)C.CCOC(=O)c1cc2cc[nH]c2cc1C(C)(C)C.CCOc1ccccc1-c1cc2cc[nH]c2cc1C(C)(C)C.CCc1cc2cc[nH]c2cc1C(C)(C)C. The quantitative estimate of drug-likeness (QED) is 0.0482. The highest BCUT2D eigenvalue weighted by atomic mass is 19.4. The van der Waals surface area contributed by atoms with Crippen molar-refractivity contribution in [2.24, 2.45) is 5.92 Å². The molecule has 0 bridgehead atoms. The lowest BCUT2D eigenvalue weighted by Crippen LogP contribution is -2.36. The van der Waals surface area contributed by atoms with Gasteiger partial charge in [-0.2, -0.15) is 13.2 Å². The van der Waals surface area contributed by atoms with Crippen LogP contribution in [0.15, 0.2) is 219 Å². The summed E-state index contributed by atoms with van der Waals surface area (Å²) in [4.78, 5) is 65.1. The number of aromatic amines is 8. The molecule has 1 aliphatic heterocycles. The largest absolute Gasteiger partial charge is 0.493 e. The van der Waals surface area contributed by atoms with Crippen molar-refractivity contribution < 1.29 is 41.4 Å². The second kappa shape index (κ2) is 44.8. The summed E-state index contributed by atoms with van der Waals surface area (Å²) in [5.41, 5.74) is 24.1. The first-order valence-corrected chi connectivity index (χ1v) is 51.2. The van der Waals surface area contributed by atoms with E-state index in [1.807, 2.05) is 144 Å². The van der Waals surface area contributed by atoms with Crippen molar-refractivity contribution in [1.82, 2.24) is 50.1 Å². The lowest BCUT2D eigenvalue weighted by Gasteiger charge is -2.30. The van der Waals surface area contributed by atoms with E-state index >= 15 is 0 Å². The van der Waals surface area contributed by atoms with Gasteiger partial charge in [0, 0.05) is 152 Å². The number of aryl methyl sites for hydroxylation is 1. The summed E-state index contributed by atoms with van der Waals surface area (Å²) in [6.45, 7) is 71.7. The number of fused-ring (bicyclic) bond motifs is 8. The fourth-order valence-electron chi connectivity index (χ4n) is 18.6. The second-order valence-corrected chi connectivity index (χ2v) is 48.0. The first-order chi connectivity index (χ1) is 67.1. The smallest absolute Gasteiger partial charge is 0.416 e. The van der Waals surface area contributed by atoms with Crippen LogP contribution in [0, 0.1) is 11.7 Å². The number of amides is 2. The van der Waals surface area contributed by atoms with Gasteiger partial charge in [0.25, 0.3) is 11.8 Å². The summed E-state index contributed by atoms with van der Waals surface area (Å²) in [5, 5.41) is 11.6. The Kier molecular flexibility index (Phi) is 34.7. The van der Waals surface area contributed by atoms with Gasteiger partial charge in [-0.25, -0.2) is 9.18 Å². The lowest BCUT2D eigenvalue weighted by molar-refractivity contribution is -0.138. The third-order valence-electron chi connectivity index (χ3n) is 26.3. The summed E-state index contributed by atoms with van der Waals surface area (Å²) in [7, 11) is 0. The van der Waals surface area contributed by atoms with E-state index in [4.69, 9.17) is 9.47 Å². The molecule has 8 aromatic heterocycles. The van der Waals surface area contributed by atoms with Crippen LogP contribution in [0.4, 0.5) is 17.6 Å². The Morgan fingerprint density at radius 3 is 1.03 bits per heavy atom. The maximum Gasteiger partial charge on any atom is 0.416 e. The normalized spacial score (nSPS) is 13.0. The highest BCUT2D eigenvalue weighted by Gasteiger charge is 2.38. The number of halogens is 4. The number of hydrogen-bond acceptors (Lipinski definition) is 5. The highest BCUT2D eigenvalue weighted by Crippen LogP contribution is 2.45. The Labute approximate surface area is 852 Å². The van der Waals surface area contributed by atoms with Crippen LogP contribution < -0.4 is 10.1 Å². The van der Waals surface area contributed by atoms with Crippen molar-refractivity contribution in [1.29, 1.82) is 0 Å². The summed E-state index contributed by atoms with van der Waals surface area (Å²) < 4.78 is 63.7. The van der Waals surface area contributed by atoms with Gasteiger partial charge in [-0.15, -0.1) is 0 Å². The minimum Gasteiger partial charge on any atom is -0.493 e. The fourth-order valence-corrected chi connectivity index (χ4v) is 18.6. The van der Waals surface area contributed by atoms with Gasteiger partial charge in [0.05, 0.1) is 24.3 Å². The average Bonchev–Trinajstić information content (AvgIpc) is 1.69. The molecule has 19 heteroatoms. The molecule has 1 saturated heterocycles. The Hall–Kier alpha value is -12.8. The average molecular weight is 1960 g/mol. The van der Waals surface area contributed by atoms with E-state index < -0.39 is 17.2 Å². The van der Waals surface area contributed by atoms with Gasteiger partial charge in [-0.1, -0.05) is 226 Å². The molecule has 15 nitrogen and oxygen atoms in total. The molecule has 0 saturated carbocycles. The number of benzene rings is 9. The van der Waals surface area contributed by atoms with Crippen molar-refractivity contribution in [3.63, 3.8) is 0 Å². The van der Waals surface area contributed by atoms with Crippen LogP contribution in [0.5, 0.6) is 5.75 Å². The van der Waals surface area contributed by atoms with Crippen LogP contribution in [-0.2, 0) is 66.1 Å². The molecule has 0 unspecified atom stereocenters. The summed E-state index contributed by atoms with van der Waals surface area (Å²) in [6.07, 6.45) is 15.5. The van der Waals surface area contributed by atoms with E-state index in [9.17, 15) is 31.9 Å². The third-order valence-corrected chi connectivity index (χ3v) is 26.3. The number of carbonyl (C=O) groups is 3. The number of H-pyrrole nitrogens is 8. The molecule has 0 atom stereocenters. The zero-order valence-corrected chi connectivity index (χ0v) is 91.7. The van der Waals surface area contributed by atoms with Crippen molar-refractivity contribution in [3.8, 4) is 16.9 Å². The predicted octanol–water partition coefficient (Wildman–Crippen LogP) is 34.0. The van der Waals surface area contributed by atoms with Crippen LogP contribution in [0.25, 0.3) is 98.4 Å². The lowest BCUT2D eigenvalue weighted by atomic mass is 9.75. The number of rotatable bonds is 10. The molecule has 0 radical (unpaired) electrons. The number of nitrogens with one attached hydrogen (secondary N) is 9. The number of alkyl halides is 3. The number of hydrogen-bond donors (Lipinski definition) is 9. The monoisotopic (exact) mass is 1960 g/mol. The van der Waals surface area contributed by atoms with Gasteiger partial charge in [0.2, 0.25) is 0 Å². The number of likely N-dealkylation sites (tertiary alicyclic amines) is 1. The van der Waals surface area contributed by atoms with E-state index in [2.05, 4.69) is 296 Å². The molecule has 0 aliphatic carbocycles. The Balaban J connectivity index is 0.000000157. The van der Waals surface area contributed by atoms with Crippen LogP contribution in [0.2, 0.25) is 0 Å². The first-order valence-electron chi connectivity index (χ1n) is 51.2. The van der Waals surface area contributed by atoms with Gasteiger partial charge in [0.15, 0.2) is 0 Å². The van der Waals surface area contributed by atoms with Crippen molar-refractivity contribution in [2.45, 2.75) is 302 Å². The van der Waals surface area contributed by atoms with Crippen LogP contribution >= 0.6 is 0 Å². The molecule has 9 heterocycles. The number of esters is 1. The molecule has 9 aromatic carbocycles.